The molecule has 1 heterocycles. The van der Waals surface area contributed by atoms with E-state index in [1.807, 2.05) is 6.92 Å². The molecule has 0 unspecified atom stereocenters. The molecule has 1 N–H and O–H groups in total. The molecule has 0 aliphatic heterocycles. The second kappa shape index (κ2) is 6.75. The van der Waals surface area contributed by atoms with Gasteiger partial charge in [-0.05, 0) is 38.7 Å². The van der Waals surface area contributed by atoms with Gasteiger partial charge >= 0.3 is 5.97 Å². The van der Waals surface area contributed by atoms with Crippen LogP contribution in [0.3, 0.4) is 0 Å². The van der Waals surface area contributed by atoms with E-state index in [0.717, 1.165) is 31.4 Å². The van der Waals surface area contributed by atoms with Crippen LogP contribution in [0.1, 0.15) is 32.6 Å². The van der Waals surface area contributed by atoms with Crippen LogP contribution in [0.2, 0.25) is 5.02 Å². The fraction of sp³-hybridized carbons (Fsp3) is 0.571. The predicted molar refractivity (Wildman–Crippen MR) is 75.2 cm³/mol. The van der Waals surface area contributed by atoms with Crippen LogP contribution in [-0.4, -0.2) is 23.6 Å². The number of anilines is 1. The molecule has 0 bridgehead atoms. The van der Waals surface area contributed by atoms with Crippen LogP contribution in [0.4, 0.5) is 5.69 Å². The highest BCUT2D eigenvalue weighted by molar-refractivity contribution is 6.33. The van der Waals surface area contributed by atoms with E-state index in [-0.39, 0.29) is 11.9 Å². The number of nitrogens with zero attached hydrogens (tertiary/aromatic N) is 1. The van der Waals surface area contributed by atoms with Gasteiger partial charge in [0.05, 0.1) is 29.4 Å². The van der Waals surface area contributed by atoms with Crippen LogP contribution in [0.25, 0.3) is 0 Å². The first-order valence-corrected chi connectivity index (χ1v) is 7.11. The van der Waals surface area contributed by atoms with Gasteiger partial charge in [0.1, 0.15) is 0 Å². The number of esters is 1. The molecule has 4 nitrogen and oxygen atoms in total. The van der Waals surface area contributed by atoms with Crippen molar-refractivity contribution in [2.75, 3.05) is 11.9 Å². The molecular weight excluding hydrogens is 264 g/mol. The van der Waals surface area contributed by atoms with Crippen LogP contribution in [-0.2, 0) is 9.53 Å². The molecule has 0 atom stereocenters. The average molecular weight is 283 g/mol. The van der Waals surface area contributed by atoms with Crippen LogP contribution in [0, 0.1) is 5.92 Å². The molecule has 1 fully saturated rings. The number of ether oxygens (including phenoxy) is 1. The summed E-state index contributed by atoms with van der Waals surface area (Å²) >= 11 is 6.09. The Bertz CT molecular complexity index is 431. The number of halogens is 1. The van der Waals surface area contributed by atoms with Crippen LogP contribution in [0.15, 0.2) is 18.5 Å². The molecule has 19 heavy (non-hydrogen) atoms. The second-order valence-electron chi connectivity index (χ2n) is 4.80. The minimum absolute atomic E-state index is 0.0552. The molecule has 5 heteroatoms. The van der Waals surface area contributed by atoms with Gasteiger partial charge in [-0.3, -0.25) is 9.78 Å². The molecule has 2 rings (SSSR count). The molecular formula is C14H19ClN2O2. The van der Waals surface area contributed by atoms with E-state index in [9.17, 15) is 4.79 Å². The van der Waals surface area contributed by atoms with E-state index in [2.05, 4.69) is 10.3 Å². The number of hydrogen-bond donors (Lipinski definition) is 1. The Morgan fingerprint density at radius 2 is 2.21 bits per heavy atom. The van der Waals surface area contributed by atoms with E-state index in [1.54, 1.807) is 18.5 Å². The van der Waals surface area contributed by atoms with Crippen molar-refractivity contribution in [1.82, 2.24) is 4.98 Å². The lowest BCUT2D eigenvalue weighted by Crippen LogP contribution is -2.30. The normalized spacial score (nSPS) is 22.8. The van der Waals surface area contributed by atoms with E-state index < -0.39 is 0 Å². The van der Waals surface area contributed by atoms with Crippen LogP contribution in [0.5, 0.6) is 0 Å². The molecule has 1 aromatic heterocycles. The minimum Gasteiger partial charge on any atom is -0.466 e. The number of nitrogens with one attached hydrogen (secondary N) is 1. The molecule has 1 saturated carbocycles. The molecule has 1 aliphatic rings. The number of aromatic nitrogens is 1. The van der Waals surface area contributed by atoms with Crippen molar-refractivity contribution in [3.63, 3.8) is 0 Å². The Morgan fingerprint density at radius 3 is 2.84 bits per heavy atom. The van der Waals surface area contributed by atoms with Crippen LogP contribution < -0.4 is 5.32 Å². The van der Waals surface area contributed by atoms with Gasteiger partial charge in [-0.25, -0.2) is 0 Å². The van der Waals surface area contributed by atoms with Crippen molar-refractivity contribution in [1.29, 1.82) is 0 Å². The summed E-state index contributed by atoms with van der Waals surface area (Å²) in [4.78, 5) is 15.7. The maximum absolute atomic E-state index is 11.6. The summed E-state index contributed by atoms with van der Waals surface area (Å²) in [6.45, 7) is 2.30. The molecule has 1 aromatic rings. The Morgan fingerprint density at radius 1 is 1.47 bits per heavy atom. The number of hydrogen-bond acceptors (Lipinski definition) is 4. The molecule has 0 saturated heterocycles. The lowest BCUT2D eigenvalue weighted by Gasteiger charge is -2.28. The summed E-state index contributed by atoms with van der Waals surface area (Å²) in [5, 5.41) is 4.08. The molecule has 0 radical (unpaired) electrons. The van der Waals surface area contributed by atoms with Gasteiger partial charge in [-0.15, -0.1) is 0 Å². The zero-order chi connectivity index (χ0) is 13.7. The third-order valence-electron chi connectivity index (χ3n) is 3.47. The third-order valence-corrected chi connectivity index (χ3v) is 3.80. The summed E-state index contributed by atoms with van der Waals surface area (Å²) in [7, 11) is 0. The first kappa shape index (κ1) is 14.1. The predicted octanol–water partition coefficient (Wildman–Crippen LogP) is 3.27. The fourth-order valence-electron chi connectivity index (χ4n) is 2.44. The van der Waals surface area contributed by atoms with Gasteiger partial charge in [0, 0.05) is 12.2 Å². The van der Waals surface area contributed by atoms with Gasteiger partial charge in [0.15, 0.2) is 0 Å². The van der Waals surface area contributed by atoms with Crippen molar-refractivity contribution in [3.8, 4) is 0 Å². The van der Waals surface area contributed by atoms with Gasteiger partial charge < -0.3 is 10.1 Å². The number of carbonyl (C=O) groups excluding carboxylic acids is 1. The van der Waals surface area contributed by atoms with Gasteiger partial charge in [0.25, 0.3) is 0 Å². The number of rotatable bonds is 4. The molecule has 0 aromatic carbocycles. The van der Waals surface area contributed by atoms with E-state index in [0.29, 0.717) is 17.7 Å². The minimum atomic E-state index is -0.0552. The number of carbonyl (C=O) groups is 1. The molecule has 1 aliphatic carbocycles. The van der Waals surface area contributed by atoms with E-state index in [4.69, 9.17) is 16.3 Å². The monoisotopic (exact) mass is 282 g/mol. The van der Waals surface area contributed by atoms with Gasteiger partial charge in [-0.1, -0.05) is 11.6 Å². The summed E-state index contributed by atoms with van der Waals surface area (Å²) in [5.74, 6) is 0.00253. The average Bonchev–Trinajstić information content (AvgIpc) is 2.42. The smallest absolute Gasteiger partial charge is 0.308 e. The highest BCUT2D eigenvalue weighted by Gasteiger charge is 2.27. The van der Waals surface area contributed by atoms with Crippen molar-refractivity contribution in [3.05, 3.63) is 23.5 Å². The summed E-state index contributed by atoms with van der Waals surface area (Å²) in [6.07, 6.45) is 7.05. The largest absolute Gasteiger partial charge is 0.466 e. The summed E-state index contributed by atoms with van der Waals surface area (Å²) < 4.78 is 5.06. The van der Waals surface area contributed by atoms with Gasteiger partial charge in [0.2, 0.25) is 0 Å². The van der Waals surface area contributed by atoms with Crippen molar-refractivity contribution in [2.24, 2.45) is 5.92 Å². The van der Waals surface area contributed by atoms with Crippen molar-refractivity contribution in [2.45, 2.75) is 38.6 Å². The zero-order valence-corrected chi connectivity index (χ0v) is 11.8. The quantitative estimate of drug-likeness (QED) is 0.861. The van der Waals surface area contributed by atoms with Crippen molar-refractivity contribution < 1.29 is 9.53 Å². The Hall–Kier alpha value is -1.29. The summed E-state index contributed by atoms with van der Waals surface area (Å²) in [6, 6.07) is 2.13. The SMILES string of the molecule is CCOC(=O)C1CCC(Nc2cnccc2Cl)CC1. The lowest BCUT2D eigenvalue weighted by atomic mass is 9.86. The molecule has 0 amide bonds. The maximum atomic E-state index is 11.6. The van der Waals surface area contributed by atoms with Gasteiger partial charge in [-0.2, -0.15) is 0 Å². The Labute approximate surface area is 118 Å². The van der Waals surface area contributed by atoms with E-state index >= 15 is 0 Å². The van der Waals surface area contributed by atoms with Crippen LogP contribution >= 0.6 is 11.6 Å². The highest BCUT2D eigenvalue weighted by atomic mass is 35.5. The third kappa shape index (κ3) is 3.83. The Kier molecular flexibility index (Phi) is 5.02. The van der Waals surface area contributed by atoms with E-state index in [1.165, 1.54) is 0 Å². The molecule has 0 spiro atoms. The topological polar surface area (TPSA) is 51.2 Å². The standard InChI is InChI=1S/C14H19ClN2O2/c1-2-19-14(18)10-3-5-11(6-4-10)17-13-9-16-8-7-12(13)15/h7-11,17H,2-6H2,1H3. The maximum Gasteiger partial charge on any atom is 0.308 e. The number of pyridine rings is 1. The first-order chi connectivity index (χ1) is 9.20. The fourth-order valence-corrected chi connectivity index (χ4v) is 2.60. The lowest BCUT2D eigenvalue weighted by molar-refractivity contribution is -0.149. The first-order valence-electron chi connectivity index (χ1n) is 6.73. The Balaban J connectivity index is 1.84. The van der Waals surface area contributed by atoms with Crippen molar-refractivity contribution >= 4 is 23.3 Å². The molecule has 104 valence electrons. The highest BCUT2D eigenvalue weighted by Crippen LogP contribution is 2.29. The zero-order valence-electron chi connectivity index (χ0n) is 11.1. The second-order valence-corrected chi connectivity index (χ2v) is 5.21. The summed E-state index contributed by atoms with van der Waals surface area (Å²) in [5.41, 5.74) is 0.865.